The van der Waals surface area contributed by atoms with Crippen molar-refractivity contribution in [2.45, 2.75) is 25.2 Å². The van der Waals surface area contributed by atoms with E-state index in [0.29, 0.717) is 5.92 Å². The Morgan fingerprint density at radius 2 is 1.12 bits per heavy atom. The van der Waals surface area contributed by atoms with Gasteiger partial charge in [0.1, 0.15) is 0 Å². The normalized spacial score (nSPS) is 17.5. The summed E-state index contributed by atoms with van der Waals surface area (Å²) in [5, 5.41) is 0. The van der Waals surface area contributed by atoms with Crippen molar-refractivity contribution in [1.29, 1.82) is 0 Å². The molecule has 0 nitrogen and oxygen atoms in total. The average molecular weight is 423 g/mol. The van der Waals surface area contributed by atoms with Gasteiger partial charge in [0.05, 0.1) is 0 Å². The molecule has 0 saturated heterocycles. The maximum absolute atomic E-state index is 2.49. The highest BCUT2D eigenvalue weighted by molar-refractivity contribution is 5.85. The van der Waals surface area contributed by atoms with E-state index in [1.165, 1.54) is 57.3 Å². The van der Waals surface area contributed by atoms with Gasteiger partial charge in [0.2, 0.25) is 0 Å². The van der Waals surface area contributed by atoms with Gasteiger partial charge in [0.15, 0.2) is 0 Å². The molecule has 0 amide bonds. The standard InChI is InChI=1S/C33H26/c1-3-9-23(10-4-1)25-15-17-28-29-18-16-26(24-11-5-2-6-12-24)22-31(29)32(30(28)21-25)33(19-20-33)27-13-7-8-14-27/h1-13,15-18,21-22,32H,14,19-20H2. The Morgan fingerprint density at radius 1 is 0.576 bits per heavy atom. The Morgan fingerprint density at radius 3 is 1.58 bits per heavy atom. The van der Waals surface area contributed by atoms with Crippen LogP contribution >= 0.6 is 0 Å². The van der Waals surface area contributed by atoms with Crippen molar-refractivity contribution in [1.82, 2.24) is 0 Å². The molecule has 3 aliphatic carbocycles. The van der Waals surface area contributed by atoms with Gasteiger partial charge in [-0.2, -0.15) is 0 Å². The van der Waals surface area contributed by atoms with Crippen molar-refractivity contribution >= 4 is 0 Å². The van der Waals surface area contributed by atoms with Crippen LogP contribution in [0.2, 0.25) is 0 Å². The van der Waals surface area contributed by atoms with Gasteiger partial charge >= 0.3 is 0 Å². The first kappa shape index (κ1) is 18.9. The summed E-state index contributed by atoms with van der Waals surface area (Å²) in [7, 11) is 0. The SMILES string of the molecule is C1=CCC(C2(C3c4cc(-c5ccccc5)ccc4-c4ccc(-c5ccccc5)cc43)CC2)=C1. The molecule has 0 bridgehead atoms. The third-order valence-corrected chi connectivity index (χ3v) is 7.98. The minimum absolute atomic E-state index is 0.272. The highest BCUT2D eigenvalue weighted by atomic mass is 14.6. The van der Waals surface area contributed by atoms with Gasteiger partial charge in [-0.05, 0) is 75.9 Å². The molecule has 4 aromatic rings. The summed E-state index contributed by atoms with van der Waals surface area (Å²) in [6.07, 6.45) is 10.7. The first-order valence-corrected chi connectivity index (χ1v) is 12.1. The van der Waals surface area contributed by atoms with Crippen LogP contribution in [0.15, 0.2) is 121 Å². The molecular weight excluding hydrogens is 396 g/mol. The maximum atomic E-state index is 2.49. The van der Waals surface area contributed by atoms with Crippen molar-refractivity contribution < 1.29 is 0 Å². The van der Waals surface area contributed by atoms with Gasteiger partial charge in [-0.3, -0.25) is 0 Å². The minimum Gasteiger partial charge on any atom is -0.0804 e. The fourth-order valence-corrected chi connectivity index (χ4v) is 6.22. The highest BCUT2D eigenvalue weighted by Crippen LogP contribution is 2.68. The molecule has 0 aromatic heterocycles. The number of allylic oxidation sites excluding steroid dienone is 4. The lowest BCUT2D eigenvalue weighted by Crippen LogP contribution is -2.16. The van der Waals surface area contributed by atoms with Crippen LogP contribution in [-0.4, -0.2) is 0 Å². The van der Waals surface area contributed by atoms with Crippen molar-refractivity contribution in [3.05, 3.63) is 132 Å². The van der Waals surface area contributed by atoms with Crippen molar-refractivity contribution in [3.8, 4) is 33.4 Å². The molecule has 158 valence electrons. The number of hydrogen-bond acceptors (Lipinski definition) is 0. The second-order valence-electron chi connectivity index (χ2n) is 9.75. The smallest absolute Gasteiger partial charge is 0.0196 e. The lowest BCUT2D eigenvalue weighted by atomic mass is 9.75. The van der Waals surface area contributed by atoms with Crippen molar-refractivity contribution in [3.63, 3.8) is 0 Å². The largest absolute Gasteiger partial charge is 0.0804 e. The molecule has 33 heavy (non-hydrogen) atoms. The predicted molar refractivity (Wildman–Crippen MR) is 138 cm³/mol. The molecule has 1 saturated carbocycles. The molecule has 1 fully saturated rings. The third kappa shape index (κ3) is 2.91. The van der Waals surface area contributed by atoms with Crippen LogP contribution < -0.4 is 0 Å². The Hall–Kier alpha value is -3.64. The number of fused-ring (bicyclic) bond motifs is 3. The van der Waals surface area contributed by atoms with Gasteiger partial charge in [0.25, 0.3) is 0 Å². The Bertz CT molecular complexity index is 1330. The van der Waals surface area contributed by atoms with Crippen LogP contribution in [0.1, 0.15) is 36.3 Å². The predicted octanol–water partition coefficient (Wildman–Crippen LogP) is 8.80. The summed E-state index contributed by atoms with van der Waals surface area (Å²) in [6.45, 7) is 0. The molecule has 0 heteroatoms. The fourth-order valence-electron chi connectivity index (χ4n) is 6.22. The molecule has 0 atom stereocenters. The molecule has 0 heterocycles. The summed E-state index contributed by atoms with van der Waals surface area (Å²) in [4.78, 5) is 0. The van der Waals surface area contributed by atoms with Gasteiger partial charge in [-0.25, -0.2) is 0 Å². The van der Waals surface area contributed by atoms with Gasteiger partial charge < -0.3 is 0 Å². The topological polar surface area (TPSA) is 0 Å². The van der Waals surface area contributed by atoms with E-state index in [4.69, 9.17) is 0 Å². The van der Waals surface area contributed by atoms with Gasteiger partial charge in [0, 0.05) is 11.3 Å². The second-order valence-corrected chi connectivity index (χ2v) is 9.75. The Kier molecular flexibility index (Phi) is 4.11. The molecule has 3 aliphatic rings. The molecule has 0 radical (unpaired) electrons. The van der Waals surface area contributed by atoms with Crippen LogP contribution in [0, 0.1) is 5.41 Å². The van der Waals surface area contributed by atoms with E-state index in [9.17, 15) is 0 Å². The minimum atomic E-state index is 0.272. The third-order valence-electron chi connectivity index (χ3n) is 7.98. The summed E-state index contributed by atoms with van der Waals surface area (Å²) in [5.74, 6) is 0.431. The molecule has 0 unspecified atom stereocenters. The second kappa shape index (κ2) is 7.18. The van der Waals surface area contributed by atoms with E-state index >= 15 is 0 Å². The quantitative estimate of drug-likeness (QED) is 0.308. The van der Waals surface area contributed by atoms with Crippen LogP contribution in [0.5, 0.6) is 0 Å². The van der Waals surface area contributed by atoms with Crippen LogP contribution in [0.4, 0.5) is 0 Å². The van der Waals surface area contributed by atoms with Crippen molar-refractivity contribution in [2.24, 2.45) is 5.41 Å². The summed E-state index contributed by atoms with van der Waals surface area (Å²) in [6, 6.07) is 36.0. The Labute approximate surface area is 195 Å². The zero-order valence-electron chi connectivity index (χ0n) is 18.7. The van der Waals surface area contributed by atoms with E-state index in [-0.39, 0.29) is 5.41 Å². The first-order chi connectivity index (χ1) is 16.3. The van der Waals surface area contributed by atoms with Crippen LogP contribution in [-0.2, 0) is 0 Å². The monoisotopic (exact) mass is 422 g/mol. The Balaban J connectivity index is 1.43. The number of hydrogen-bond donors (Lipinski definition) is 0. The maximum Gasteiger partial charge on any atom is 0.0196 e. The zero-order valence-corrected chi connectivity index (χ0v) is 18.7. The van der Waals surface area contributed by atoms with E-state index in [0.717, 1.165) is 6.42 Å². The molecule has 0 spiro atoms. The first-order valence-electron chi connectivity index (χ1n) is 12.1. The summed E-state index contributed by atoms with van der Waals surface area (Å²) in [5.41, 5.74) is 13.0. The van der Waals surface area contributed by atoms with E-state index in [1.54, 1.807) is 5.57 Å². The zero-order chi connectivity index (χ0) is 21.8. The lowest BCUT2D eigenvalue weighted by Gasteiger charge is -2.27. The number of rotatable bonds is 4. The molecule has 7 rings (SSSR count). The van der Waals surface area contributed by atoms with Crippen LogP contribution in [0.3, 0.4) is 0 Å². The fraction of sp³-hybridized carbons (Fsp3) is 0.152. The number of benzene rings is 4. The van der Waals surface area contributed by atoms with Gasteiger partial charge in [-0.1, -0.05) is 109 Å². The highest BCUT2D eigenvalue weighted by Gasteiger charge is 2.55. The summed E-state index contributed by atoms with van der Waals surface area (Å²) < 4.78 is 0. The van der Waals surface area contributed by atoms with Crippen LogP contribution in [0.25, 0.3) is 33.4 Å². The lowest BCUT2D eigenvalue weighted by molar-refractivity contribution is 0.526. The molecular formula is C33H26. The van der Waals surface area contributed by atoms with Gasteiger partial charge in [-0.15, -0.1) is 0 Å². The van der Waals surface area contributed by atoms with E-state index in [2.05, 4.69) is 115 Å². The average Bonchev–Trinajstić information content (AvgIpc) is 3.34. The van der Waals surface area contributed by atoms with E-state index in [1.807, 2.05) is 0 Å². The molecule has 0 N–H and O–H groups in total. The summed E-state index contributed by atoms with van der Waals surface area (Å²) >= 11 is 0. The van der Waals surface area contributed by atoms with Crippen molar-refractivity contribution in [2.75, 3.05) is 0 Å². The molecule has 4 aromatic carbocycles. The van der Waals surface area contributed by atoms with E-state index < -0.39 is 0 Å². The molecule has 0 aliphatic heterocycles.